The van der Waals surface area contributed by atoms with Crippen LogP contribution in [-0.4, -0.2) is 25.5 Å². The van der Waals surface area contributed by atoms with Crippen molar-refractivity contribution in [2.75, 3.05) is 19.0 Å². The van der Waals surface area contributed by atoms with Crippen LogP contribution in [0.1, 0.15) is 22.3 Å². The Hall–Kier alpha value is -2.44. The van der Waals surface area contributed by atoms with Gasteiger partial charge < -0.3 is 15.4 Å². The van der Waals surface area contributed by atoms with Gasteiger partial charge >= 0.3 is 5.97 Å². The van der Waals surface area contributed by atoms with Gasteiger partial charge in [-0.05, 0) is 35.9 Å². The van der Waals surface area contributed by atoms with Crippen LogP contribution in [0.3, 0.4) is 0 Å². The Kier molecular flexibility index (Phi) is 6.91. The van der Waals surface area contributed by atoms with E-state index in [1.54, 1.807) is 12.1 Å². The average Bonchev–Trinajstić information content (AvgIpc) is 2.61. The molecule has 0 saturated carbocycles. The zero-order valence-corrected chi connectivity index (χ0v) is 14.4. The molecule has 2 aromatic carbocycles. The van der Waals surface area contributed by atoms with Crippen LogP contribution in [0, 0.1) is 5.82 Å². The second-order valence-electron chi connectivity index (χ2n) is 5.29. The van der Waals surface area contributed by atoms with Crippen molar-refractivity contribution in [2.24, 2.45) is 0 Å². The van der Waals surface area contributed by atoms with Crippen LogP contribution in [-0.2, 0) is 16.1 Å². The molecule has 0 aromatic heterocycles. The van der Waals surface area contributed by atoms with Crippen molar-refractivity contribution in [2.45, 2.75) is 13.0 Å². The number of hydrogen-bond acceptors (Lipinski definition) is 4. The van der Waals surface area contributed by atoms with Gasteiger partial charge in [0, 0.05) is 19.5 Å². The molecule has 1 amide bonds. The molecule has 0 fully saturated rings. The highest BCUT2D eigenvalue weighted by Crippen LogP contribution is 2.23. The summed E-state index contributed by atoms with van der Waals surface area (Å²) < 4.78 is 17.4. The highest BCUT2D eigenvalue weighted by atomic mass is 35.5. The van der Waals surface area contributed by atoms with Gasteiger partial charge in [-0.15, -0.1) is 0 Å². The molecule has 0 aliphatic carbocycles. The Morgan fingerprint density at radius 3 is 2.56 bits per heavy atom. The molecular formula is C18H18ClFN2O3. The summed E-state index contributed by atoms with van der Waals surface area (Å²) in [5, 5.41) is 6.10. The number of nitrogens with one attached hydrogen (secondary N) is 2. The van der Waals surface area contributed by atoms with Crippen molar-refractivity contribution in [1.29, 1.82) is 0 Å². The maximum absolute atomic E-state index is 12.8. The summed E-state index contributed by atoms with van der Waals surface area (Å²) in [6.07, 6.45) is 0.222. The van der Waals surface area contributed by atoms with Gasteiger partial charge in [0.25, 0.3) is 0 Å². The van der Waals surface area contributed by atoms with Crippen molar-refractivity contribution < 1.29 is 18.7 Å². The van der Waals surface area contributed by atoms with E-state index in [1.807, 2.05) is 0 Å². The number of rotatable bonds is 7. The minimum absolute atomic E-state index is 0.222. The largest absolute Gasteiger partial charge is 0.465 e. The second-order valence-corrected chi connectivity index (χ2v) is 5.69. The molecule has 0 spiro atoms. The quantitative estimate of drug-likeness (QED) is 0.584. The Morgan fingerprint density at radius 2 is 1.88 bits per heavy atom. The number of hydrogen-bond donors (Lipinski definition) is 2. The zero-order chi connectivity index (χ0) is 18.2. The summed E-state index contributed by atoms with van der Waals surface area (Å²) in [6.45, 7) is 0.976. The molecule has 5 nitrogen and oxygen atoms in total. The van der Waals surface area contributed by atoms with Crippen molar-refractivity contribution in [1.82, 2.24) is 5.32 Å². The van der Waals surface area contributed by atoms with E-state index < -0.39 is 5.97 Å². The highest BCUT2D eigenvalue weighted by molar-refractivity contribution is 6.33. The van der Waals surface area contributed by atoms with E-state index in [1.165, 1.54) is 37.4 Å². The molecule has 2 N–H and O–H groups in total. The van der Waals surface area contributed by atoms with Crippen LogP contribution < -0.4 is 10.6 Å². The number of carbonyl (C=O) groups is 2. The molecule has 0 atom stereocenters. The number of benzene rings is 2. The zero-order valence-electron chi connectivity index (χ0n) is 13.6. The van der Waals surface area contributed by atoms with Crippen LogP contribution in [0.15, 0.2) is 42.5 Å². The van der Waals surface area contributed by atoms with Crippen LogP contribution in [0.5, 0.6) is 0 Å². The van der Waals surface area contributed by atoms with E-state index in [4.69, 9.17) is 11.6 Å². The van der Waals surface area contributed by atoms with Gasteiger partial charge in [-0.3, -0.25) is 4.79 Å². The average molecular weight is 365 g/mol. The molecule has 132 valence electrons. The summed E-state index contributed by atoms with van der Waals surface area (Å²) in [4.78, 5) is 23.5. The van der Waals surface area contributed by atoms with E-state index >= 15 is 0 Å². The number of halogens is 2. The van der Waals surface area contributed by atoms with Gasteiger partial charge in [0.2, 0.25) is 5.91 Å². The predicted molar refractivity (Wildman–Crippen MR) is 94.1 cm³/mol. The number of methoxy groups -OCH3 is 1. The SMILES string of the molecule is COC(=O)c1ccc(Cl)c(NC(=O)CCNCc2ccc(F)cc2)c1. The summed E-state index contributed by atoms with van der Waals surface area (Å²) in [7, 11) is 1.28. The lowest BCUT2D eigenvalue weighted by atomic mass is 10.2. The van der Waals surface area contributed by atoms with Crippen molar-refractivity contribution >= 4 is 29.2 Å². The van der Waals surface area contributed by atoms with E-state index in [0.717, 1.165) is 5.56 Å². The molecular weight excluding hydrogens is 347 g/mol. The molecule has 2 rings (SSSR count). The summed E-state index contributed by atoms with van der Waals surface area (Å²) in [5.41, 5.74) is 1.58. The van der Waals surface area contributed by atoms with E-state index in [2.05, 4.69) is 15.4 Å². The van der Waals surface area contributed by atoms with Crippen molar-refractivity contribution in [3.05, 3.63) is 64.4 Å². The number of esters is 1. The normalized spacial score (nSPS) is 10.4. The van der Waals surface area contributed by atoms with Crippen LogP contribution >= 0.6 is 11.6 Å². The van der Waals surface area contributed by atoms with Gasteiger partial charge in [-0.25, -0.2) is 9.18 Å². The third-order valence-electron chi connectivity index (χ3n) is 3.43. The van der Waals surface area contributed by atoms with E-state index in [-0.39, 0.29) is 18.1 Å². The van der Waals surface area contributed by atoms with Crippen LogP contribution in [0.2, 0.25) is 5.02 Å². The molecule has 0 unspecified atom stereocenters. The highest BCUT2D eigenvalue weighted by Gasteiger charge is 2.11. The molecule has 7 heteroatoms. The van der Waals surface area contributed by atoms with Crippen LogP contribution in [0.25, 0.3) is 0 Å². The lowest BCUT2D eigenvalue weighted by molar-refractivity contribution is -0.116. The first-order valence-electron chi connectivity index (χ1n) is 7.62. The topological polar surface area (TPSA) is 67.4 Å². The number of carbonyl (C=O) groups excluding carboxylic acids is 2. The number of amides is 1. The standard InChI is InChI=1S/C18H18ClFN2O3/c1-25-18(24)13-4-7-15(19)16(10-13)22-17(23)8-9-21-11-12-2-5-14(20)6-3-12/h2-7,10,21H,8-9,11H2,1H3,(H,22,23). The minimum atomic E-state index is -0.506. The number of anilines is 1. The molecule has 0 radical (unpaired) electrons. The fraction of sp³-hybridized carbons (Fsp3) is 0.222. The van der Waals surface area contributed by atoms with Crippen LogP contribution in [0.4, 0.5) is 10.1 Å². The Bertz CT molecular complexity index is 750. The van der Waals surface area contributed by atoms with Gasteiger partial charge in [0.1, 0.15) is 5.82 Å². The Morgan fingerprint density at radius 1 is 1.16 bits per heavy atom. The van der Waals surface area contributed by atoms with E-state index in [0.29, 0.717) is 29.4 Å². The third kappa shape index (κ3) is 5.85. The fourth-order valence-corrected chi connectivity index (χ4v) is 2.28. The molecule has 0 aliphatic heterocycles. The first-order chi connectivity index (χ1) is 12.0. The lowest BCUT2D eigenvalue weighted by Crippen LogP contribution is -2.21. The maximum Gasteiger partial charge on any atom is 0.337 e. The predicted octanol–water partition coefficient (Wildman–Crippen LogP) is 3.38. The van der Waals surface area contributed by atoms with Gasteiger partial charge in [-0.1, -0.05) is 23.7 Å². The smallest absolute Gasteiger partial charge is 0.337 e. The minimum Gasteiger partial charge on any atom is -0.465 e. The Balaban J connectivity index is 1.81. The van der Waals surface area contributed by atoms with E-state index in [9.17, 15) is 14.0 Å². The van der Waals surface area contributed by atoms with Gasteiger partial charge in [0.05, 0.1) is 23.4 Å². The van der Waals surface area contributed by atoms with Crippen molar-refractivity contribution in [3.8, 4) is 0 Å². The Labute approximate surface area is 150 Å². The summed E-state index contributed by atoms with van der Waals surface area (Å²) >= 11 is 6.03. The molecule has 0 bridgehead atoms. The van der Waals surface area contributed by atoms with Gasteiger partial charge in [0.15, 0.2) is 0 Å². The first kappa shape index (κ1) is 18.9. The third-order valence-corrected chi connectivity index (χ3v) is 3.76. The van der Waals surface area contributed by atoms with Gasteiger partial charge in [-0.2, -0.15) is 0 Å². The summed E-state index contributed by atoms with van der Waals surface area (Å²) in [6, 6.07) is 10.7. The van der Waals surface area contributed by atoms with Crippen molar-refractivity contribution in [3.63, 3.8) is 0 Å². The molecule has 0 aliphatic rings. The lowest BCUT2D eigenvalue weighted by Gasteiger charge is -2.09. The summed E-state index contributed by atoms with van der Waals surface area (Å²) in [5.74, 6) is -1.03. The fourth-order valence-electron chi connectivity index (χ4n) is 2.12. The molecule has 0 heterocycles. The number of ether oxygens (including phenoxy) is 1. The maximum atomic E-state index is 12.8. The second kappa shape index (κ2) is 9.15. The molecule has 0 saturated heterocycles. The monoisotopic (exact) mass is 364 g/mol. The first-order valence-corrected chi connectivity index (χ1v) is 8.00. The molecule has 25 heavy (non-hydrogen) atoms. The molecule has 2 aromatic rings.